The van der Waals surface area contributed by atoms with Crippen LogP contribution < -0.4 is 0 Å². The van der Waals surface area contributed by atoms with Crippen LogP contribution in [0.15, 0.2) is 48.5 Å². The largest absolute Gasteiger partial charge is 0.270 e. The molecule has 0 saturated carbocycles. The van der Waals surface area contributed by atoms with Crippen LogP contribution in [0.2, 0.25) is 0 Å². The molecule has 0 radical (unpaired) electrons. The lowest BCUT2D eigenvalue weighted by atomic mass is 10.2. The Morgan fingerprint density at radius 3 is 2.33 bits per heavy atom. The summed E-state index contributed by atoms with van der Waals surface area (Å²) < 4.78 is 0. The minimum absolute atomic E-state index is 0.0552. The average Bonchev–Trinajstić information content (AvgIpc) is 2.98. The molecule has 6 heteroatoms. The van der Waals surface area contributed by atoms with Crippen LogP contribution in [0.25, 0.3) is 21.1 Å². The number of non-ortho nitro benzene ring substituents is 1. The quantitative estimate of drug-likeness (QED) is 0.539. The van der Waals surface area contributed by atoms with Crippen LogP contribution in [-0.2, 0) is 0 Å². The van der Waals surface area contributed by atoms with Gasteiger partial charge in [0.1, 0.15) is 10.0 Å². The van der Waals surface area contributed by atoms with Gasteiger partial charge < -0.3 is 0 Å². The van der Waals surface area contributed by atoms with E-state index in [1.54, 1.807) is 12.1 Å². The Morgan fingerprint density at radius 2 is 1.67 bits per heavy atom. The fraction of sp³-hybridized carbons (Fsp3) is 0.0667. The van der Waals surface area contributed by atoms with E-state index in [0.29, 0.717) is 10.6 Å². The second-order valence-electron chi connectivity index (χ2n) is 4.59. The minimum atomic E-state index is -0.411. The van der Waals surface area contributed by atoms with Crippen molar-refractivity contribution in [3.05, 3.63) is 64.2 Å². The fourth-order valence-electron chi connectivity index (χ4n) is 1.91. The van der Waals surface area contributed by atoms with E-state index in [4.69, 9.17) is 0 Å². The first-order chi connectivity index (χ1) is 10.1. The molecule has 3 rings (SSSR count). The average molecular weight is 297 g/mol. The van der Waals surface area contributed by atoms with Crippen molar-refractivity contribution in [3.8, 4) is 21.1 Å². The summed E-state index contributed by atoms with van der Waals surface area (Å²) in [5.41, 5.74) is 2.94. The highest BCUT2D eigenvalue weighted by Crippen LogP contribution is 2.31. The molecule has 2 aromatic carbocycles. The summed E-state index contributed by atoms with van der Waals surface area (Å²) in [6.07, 6.45) is 0. The van der Waals surface area contributed by atoms with Crippen molar-refractivity contribution in [2.45, 2.75) is 6.92 Å². The highest BCUT2D eigenvalue weighted by molar-refractivity contribution is 7.17. The van der Waals surface area contributed by atoms with Crippen molar-refractivity contribution in [2.75, 3.05) is 0 Å². The van der Waals surface area contributed by atoms with Gasteiger partial charge in [0, 0.05) is 23.3 Å². The van der Waals surface area contributed by atoms with Gasteiger partial charge in [0.2, 0.25) is 0 Å². The summed E-state index contributed by atoms with van der Waals surface area (Å²) in [4.78, 5) is 10.4. The third-order valence-electron chi connectivity index (χ3n) is 3.03. The molecule has 0 aliphatic carbocycles. The van der Waals surface area contributed by atoms with Crippen molar-refractivity contribution in [2.24, 2.45) is 0 Å². The molecule has 21 heavy (non-hydrogen) atoms. The number of aromatic nitrogens is 2. The molecule has 0 N–H and O–H groups in total. The molecule has 0 aliphatic heterocycles. The van der Waals surface area contributed by atoms with Gasteiger partial charge in [-0.1, -0.05) is 53.3 Å². The molecule has 1 aromatic heterocycles. The number of nitro groups is 1. The zero-order valence-corrected chi connectivity index (χ0v) is 12.0. The molecule has 0 aliphatic rings. The Hall–Kier alpha value is -2.60. The second kappa shape index (κ2) is 5.41. The normalized spacial score (nSPS) is 10.5. The van der Waals surface area contributed by atoms with Gasteiger partial charge in [-0.15, -0.1) is 10.2 Å². The Bertz CT molecular complexity index is 797. The highest BCUT2D eigenvalue weighted by Gasteiger charge is 2.12. The van der Waals surface area contributed by atoms with Crippen LogP contribution in [0.5, 0.6) is 0 Å². The van der Waals surface area contributed by atoms with Crippen molar-refractivity contribution in [1.82, 2.24) is 10.2 Å². The minimum Gasteiger partial charge on any atom is -0.258 e. The summed E-state index contributed by atoms with van der Waals surface area (Å²) in [5.74, 6) is 0. The molecular formula is C15H11N3O2S. The summed E-state index contributed by atoms with van der Waals surface area (Å²) in [7, 11) is 0. The maximum Gasteiger partial charge on any atom is 0.270 e. The fourth-order valence-corrected chi connectivity index (χ4v) is 2.75. The monoisotopic (exact) mass is 297 g/mol. The standard InChI is InChI=1S/C15H11N3O2S/c1-10-5-7-11(8-6-10)14-16-17-15(21-14)12-3-2-4-13(9-12)18(19)20/h2-9H,1H3. The molecule has 0 unspecified atom stereocenters. The van der Waals surface area contributed by atoms with E-state index in [9.17, 15) is 10.1 Å². The van der Waals surface area contributed by atoms with E-state index in [2.05, 4.69) is 10.2 Å². The van der Waals surface area contributed by atoms with Crippen LogP contribution in [0.3, 0.4) is 0 Å². The van der Waals surface area contributed by atoms with Gasteiger partial charge in [0.25, 0.3) is 5.69 Å². The van der Waals surface area contributed by atoms with Crippen LogP contribution >= 0.6 is 11.3 Å². The third kappa shape index (κ3) is 2.80. The van der Waals surface area contributed by atoms with E-state index < -0.39 is 4.92 Å². The lowest BCUT2D eigenvalue weighted by Crippen LogP contribution is -1.87. The number of hydrogen-bond acceptors (Lipinski definition) is 5. The Labute approximate surface area is 125 Å². The number of nitro benzene ring substituents is 1. The van der Waals surface area contributed by atoms with E-state index in [1.165, 1.54) is 29.0 Å². The number of hydrogen-bond donors (Lipinski definition) is 0. The van der Waals surface area contributed by atoms with E-state index in [-0.39, 0.29) is 5.69 Å². The Balaban J connectivity index is 1.96. The van der Waals surface area contributed by atoms with E-state index in [0.717, 1.165) is 10.6 Å². The first-order valence-electron chi connectivity index (χ1n) is 6.29. The zero-order valence-electron chi connectivity index (χ0n) is 11.2. The SMILES string of the molecule is Cc1ccc(-c2nnc(-c3cccc([N+](=O)[O-])c3)s2)cc1. The molecule has 0 fully saturated rings. The van der Waals surface area contributed by atoms with Crippen LogP contribution in [0.1, 0.15) is 5.56 Å². The Morgan fingerprint density at radius 1 is 1.00 bits per heavy atom. The van der Waals surface area contributed by atoms with Gasteiger partial charge in [-0.25, -0.2) is 0 Å². The first kappa shape index (κ1) is 13.4. The number of aryl methyl sites for hydroxylation is 1. The molecule has 1 heterocycles. The predicted molar refractivity (Wildman–Crippen MR) is 82.2 cm³/mol. The maximum atomic E-state index is 10.8. The molecule has 0 saturated heterocycles. The molecule has 5 nitrogen and oxygen atoms in total. The summed E-state index contributed by atoms with van der Waals surface area (Å²) in [6.45, 7) is 2.03. The molecule has 0 atom stereocenters. The first-order valence-corrected chi connectivity index (χ1v) is 7.10. The lowest BCUT2D eigenvalue weighted by molar-refractivity contribution is -0.384. The molecule has 0 bridgehead atoms. The number of nitrogens with zero attached hydrogens (tertiary/aromatic N) is 3. The molecule has 0 amide bonds. The van der Waals surface area contributed by atoms with Crippen molar-refractivity contribution < 1.29 is 4.92 Å². The van der Waals surface area contributed by atoms with Gasteiger partial charge >= 0.3 is 0 Å². The van der Waals surface area contributed by atoms with E-state index >= 15 is 0 Å². The second-order valence-corrected chi connectivity index (χ2v) is 5.56. The summed E-state index contributed by atoms with van der Waals surface area (Å²) in [5, 5.41) is 20.6. The zero-order chi connectivity index (χ0) is 14.8. The van der Waals surface area contributed by atoms with Gasteiger partial charge in [-0.05, 0) is 6.92 Å². The van der Waals surface area contributed by atoms with Crippen molar-refractivity contribution in [1.29, 1.82) is 0 Å². The maximum absolute atomic E-state index is 10.8. The topological polar surface area (TPSA) is 68.9 Å². The molecule has 104 valence electrons. The van der Waals surface area contributed by atoms with E-state index in [1.807, 2.05) is 31.2 Å². The van der Waals surface area contributed by atoms with Crippen LogP contribution in [0, 0.1) is 17.0 Å². The molecular weight excluding hydrogens is 286 g/mol. The number of benzene rings is 2. The van der Waals surface area contributed by atoms with Gasteiger partial charge in [-0.3, -0.25) is 10.1 Å². The van der Waals surface area contributed by atoms with Crippen LogP contribution in [-0.4, -0.2) is 15.1 Å². The summed E-state index contributed by atoms with van der Waals surface area (Å²) >= 11 is 1.42. The highest BCUT2D eigenvalue weighted by atomic mass is 32.1. The van der Waals surface area contributed by atoms with Crippen molar-refractivity contribution >= 4 is 17.0 Å². The number of rotatable bonds is 3. The smallest absolute Gasteiger partial charge is 0.258 e. The summed E-state index contributed by atoms with van der Waals surface area (Å²) in [6, 6.07) is 14.4. The van der Waals surface area contributed by atoms with Crippen LogP contribution in [0.4, 0.5) is 5.69 Å². The Kier molecular flexibility index (Phi) is 3.45. The van der Waals surface area contributed by atoms with Gasteiger partial charge in [0.05, 0.1) is 4.92 Å². The predicted octanol–water partition coefficient (Wildman–Crippen LogP) is 4.09. The van der Waals surface area contributed by atoms with Crippen molar-refractivity contribution in [3.63, 3.8) is 0 Å². The van der Waals surface area contributed by atoms with Gasteiger partial charge in [-0.2, -0.15) is 0 Å². The molecule has 0 spiro atoms. The molecule has 3 aromatic rings. The van der Waals surface area contributed by atoms with Gasteiger partial charge in [0.15, 0.2) is 0 Å². The lowest BCUT2D eigenvalue weighted by Gasteiger charge is -1.96. The third-order valence-corrected chi connectivity index (χ3v) is 4.05.